The van der Waals surface area contributed by atoms with Crippen LogP contribution in [0.2, 0.25) is 0 Å². The van der Waals surface area contributed by atoms with Gasteiger partial charge in [-0.05, 0) is 48.9 Å². The highest BCUT2D eigenvalue weighted by molar-refractivity contribution is 9.10. The molecule has 2 N–H and O–H groups in total. The van der Waals surface area contributed by atoms with Gasteiger partial charge in [0.15, 0.2) is 0 Å². The zero-order valence-corrected chi connectivity index (χ0v) is 16.0. The molecule has 3 rings (SSSR count). The van der Waals surface area contributed by atoms with E-state index in [0.717, 1.165) is 21.5 Å². The van der Waals surface area contributed by atoms with Crippen LogP contribution in [0.3, 0.4) is 0 Å². The summed E-state index contributed by atoms with van der Waals surface area (Å²) in [5.74, 6) is 0.584. The van der Waals surface area contributed by atoms with Gasteiger partial charge in [-0.1, -0.05) is 22.0 Å². The lowest BCUT2D eigenvalue weighted by Gasteiger charge is -2.17. The van der Waals surface area contributed by atoms with Gasteiger partial charge in [0.25, 0.3) is 5.91 Å². The molecule has 2 aromatic carbocycles. The molecular weight excluding hydrogens is 398 g/mol. The van der Waals surface area contributed by atoms with Crippen LogP contribution in [-0.2, 0) is 0 Å². The maximum absolute atomic E-state index is 12.3. The molecule has 0 unspecified atom stereocenters. The van der Waals surface area contributed by atoms with Crippen LogP contribution in [0.5, 0.6) is 5.75 Å². The number of halogens is 1. The van der Waals surface area contributed by atoms with E-state index in [0.29, 0.717) is 31.8 Å². The highest BCUT2D eigenvalue weighted by Gasteiger charge is 2.22. The molecule has 0 aliphatic carbocycles. The van der Waals surface area contributed by atoms with E-state index in [4.69, 9.17) is 4.74 Å². The Kier molecular flexibility index (Phi) is 5.78. The molecule has 0 radical (unpaired) electrons. The molecule has 1 saturated heterocycles. The number of hydrogen-bond acceptors (Lipinski definition) is 3. The van der Waals surface area contributed by atoms with E-state index in [2.05, 4.69) is 26.6 Å². The zero-order chi connectivity index (χ0) is 18.5. The maximum atomic E-state index is 12.3. The summed E-state index contributed by atoms with van der Waals surface area (Å²) in [7, 11) is 0. The Hall–Kier alpha value is -2.54. The Morgan fingerprint density at radius 3 is 2.85 bits per heavy atom. The fraction of sp³-hybridized carbons (Fsp3) is 0.263. The SMILES string of the molecule is Cc1cc(C(=O)NCCOc2cccc(Br)c2)ccc1N1CCNC1=O. The first-order valence-electron chi connectivity index (χ1n) is 8.37. The third-order valence-electron chi connectivity index (χ3n) is 4.06. The molecule has 0 bridgehead atoms. The fourth-order valence-electron chi connectivity index (χ4n) is 2.79. The van der Waals surface area contributed by atoms with Gasteiger partial charge < -0.3 is 15.4 Å². The van der Waals surface area contributed by atoms with Gasteiger partial charge in [0.05, 0.1) is 6.54 Å². The van der Waals surface area contributed by atoms with Gasteiger partial charge in [-0.3, -0.25) is 9.69 Å². The maximum Gasteiger partial charge on any atom is 0.322 e. The van der Waals surface area contributed by atoms with Crippen molar-refractivity contribution in [3.8, 4) is 5.75 Å². The first-order chi connectivity index (χ1) is 12.5. The van der Waals surface area contributed by atoms with Gasteiger partial charge in [0.1, 0.15) is 12.4 Å². The van der Waals surface area contributed by atoms with Crippen LogP contribution in [0.1, 0.15) is 15.9 Å². The van der Waals surface area contributed by atoms with E-state index in [1.54, 1.807) is 17.0 Å². The topological polar surface area (TPSA) is 70.7 Å². The van der Waals surface area contributed by atoms with Crippen molar-refractivity contribution in [2.45, 2.75) is 6.92 Å². The molecule has 1 aliphatic heterocycles. The third-order valence-corrected chi connectivity index (χ3v) is 4.55. The second kappa shape index (κ2) is 8.23. The van der Waals surface area contributed by atoms with Gasteiger partial charge in [-0.15, -0.1) is 0 Å². The molecule has 1 aliphatic rings. The number of ether oxygens (including phenoxy) is 1. The lowest BCUT2D eigenvalue weighted by atomic mass is 10.1. The molecule has 0 spiro atoms. The minimum absolute atomic E-state index is 0.102. The van der Waals surface area contributed by atoms with Gasteiger partial charge >= 0.3 is 6.03 Å². The van der Waals surface area contributed by atoms with E-state index >= 15 is 0 Å². The summed E-state index contributed by atoms with van der Waals surface area (Å²) in [6.07, 6.45) is 0. The summed E-state index contributed by atoms with van der Waals surface area (Å²) in [5.41, 5.74) is 2.28. The number of nitrogens with zero attached hydrogens (tertiary/aromatic N) is 1. The number of benzene rings is 2. The van der Waals surface area contributed by atoms with E-state index < -0.39 is 0 Å². The average molecular weight is 418 g/mol. The van der Waals surface area contributed by atoms with Crippen LogP contribution in [0, 0.1) is 6.92 Å². The van der Waals surface area contributed by atoms with E-state index in [-0.39, 0.29) is 11.9 Å². The highest BCUT2D eigenvalue weighted by Crippen LogP contribution is 2.23. The molecule has 6 nitrogen and oxygen atoms in total. The predicted octanol–water partition coefficient (Wildman–Crippen LogP) is 3.10. The molecule has 26 heavy (non-hydrogen) atoms. The number of carbonyl (C=O) groups is 2. The van der Waals surface area contributed by atoms with E-state index in [9.17, 15) is 9.59 Å². The van der Waals surface area contributed by atoms with Crippen molar-refractivity contribution in [1.29, 1.82) is 0 Å². The summed E-state index contributed by atoms with van der Waals surface area (Å²) in [6.45, 7) is 3.96. The van der Waals surface area contributed by atoms with Gasteiger partial charge in [-0.2, -0.15) is 0 Å². The number of rotatable bonds is 6. The number of hydrogen-bond donors (Lipinski definition) is 2. The molecule has 3 amide bonds. The molecule has 1 fully saturated rings. The van der Waals surface area contributed by atoms with Crippen LogP contribution in [-0.4, -0.2) is 38.2 Å². The smallest absolute Gasteiger partial charge is 0.322 e. The van der Waals surface area contributed by atoms with Crippen LogP contribution < -0.4 is 20.3 Å². The van der Waals surface area contributed by atoms with Crippen molar-refractivity contribution < 1.29 is 14.3 Å². The van der Waals surface area contributed by atoms with E-state index in [1.807, 2.05) is 37.3 Å². The Morgan fingerprint density at radius 1 is 1.31 bits per heavy atom. The van der Waals surface area contributed by atoms with E-state index in [1.165, 1.54) is 0 Å². The molecule has 2 aromatic rings. The average Bonchev–Trinajstić information content (AvgIpc) is 3.04. The minimum atomic E-state index is -0.164. The lowest BCUT2D eigenvalue weighted by Crippen LogP contribution is -2.29. The monoisotopic (exact) mass is 417 g/mol. The van der Waals surface area contributed by atoms with Crippen molar-refractivity contribution in [2.24, 2.45) is 0 Å². The van der Waals surface area contributed by atoms with Crippen LogP contribution >= 0.6 is 15.9 Å². The molecule has 0 saturated carbocycles. The molecular formula is C19H20BrN3O3. The Bertz CT molecular complexity index is 825. The van der Waals surface area contributed by atoms with Gasteiger partial charge in [-0.25, -0.2) is 4.79 Å². The standard InChI is InChI=1S/C19H20BrN3O3/c1-13-11-14(5-6-17(13)23-9-7-22-19(23)25)18(24)21-8-10-26-16-4-2-3-15(20)12-16/h2-6,11-12H,7-10H2,1H3,(H,21,24)(H,22,25). The quantitative estimate of drug-likeness (QED) is 0.709. The van der Waals surface area contributed by atoms with Gasteiger partial charge in [0.2, 0.25) is 0 Å². The first-order valence-corrected chi connectivity index (χ1v) is 9.16. The summed E-state index contributed by atoms with van der Waals surface area (Å²) in [6, 6.07) is 12.8. The summed E-state index contributed by atoms with van der Waals surface area (Å²) < 4.78 is 6.55. The normalized spacial score (nSPS) is 13.5. The van der Waals surface area contributed by atoms with Crippen molar-refractivity contribution in [1.82, 2.24) is 10.6 Å². The Labute approximate surface area is 160 Å². The highest BCUT2D eigenvalue weighted by atomic mass is 79.9. The fourth-order valence-corrected chi connectivity index (χ4v) is 3.17. The Balaban J connectivity index is 1.53. The minimum Gasteiger partial charge on any atom is -0.492 e. The van der Waals surface area contributed by atoms with Crippen LogP contribution in [0.15, 0.2) is 46.9 Å². The van der Waals surface area contributed by atoms with Gasteiger partial charge in [0, 0.05) is 28.8 Å². The molecule has 1 heterocycles. The largest absolute Gasteiger partial charge is 0.492 e. The number of aryl methyl sites for hydroxylation is 1. The second-order valence-corrected chi connectivity index (χ2v) is 6.86. The number of anilines is 1. The number of amides is 3. The summed E-state index contributed by atoms with van der Waals surface area (Å²) in [4.78, 5) is 25.8. The third kappa shape index (κ3) is 4.35. The molecule has 7 heteroatoms. The summed E-state index contributed by atoms with van der Waals surface area (Å²) in [5, 5.41) is 5.62. The molecule has 0 atom stereocenters. The molecule has 136 valence electrons. The van der Waals surface area contributed by atoms with Crippen molar-refractivity contribution in [2.75, 3.05) is 31.1 Å². The lowest BCUT2D eigenvalue weighted by molar-refractivity contribution is 0.0947. The van der Waals surface area contributed by atoms with Crippen molar-refractivity contribution in [3.63, 3.8) is 0 Å². The number of urea groups is 1. The second-order valence-electron chi connectivity index (χ2n) is 5.95. The first kappa shape index (κ1) is 18.3. The predicted molar refractivity (Wildman–Crippen MR) is 104 cm³/mol. The van der Waals surface area contributed by atoms with Crippen LogP contribution in [0.4, 0.5) is 10.5 Å². The zero-order valence-electron chi connectivity index (χ0n) is 14.4. The molecule has 0 aromatic heterocycles. The van der Waals surface area contributed by atoms with Crippen LogP contribution in [0.25, 0.3) is 0 Å². The van der Waals surface area contributed by atoms with Crippen molar-refractivity contribution >= 4 is 33.6 Å². The summed E-state index contributed by atoms with van der Waals surface area (Å²) >= 11 is 3.39. The number of carbonyl (C=O) groups excluding carboxylic acids is 2. The Morgan fingerprint density at radius 2 is 2.15 bits per heavy atom. The number of nitrogens with one attached hydrogen (secondary N) is 2. The van der Waals surface area contributed by atoms with Crippen molar-refractivity contribution in [3.05, 3.63) is 58.1 Å².